The van der Waals surface area contributed by atoms with E-state index in [1.807, 2.05) is 11.4 Å². The third-order valence-electron chi connectivity index (χ3n) is 4.24. The molecule has 1 fully saturated rings. The van der Waals surface area contributed by atoms with Crippen LogP contribution in [0, 0.1) is 5.82 Å². The summed E-state index contributed by atoms with van der Waals surface area (Å²) in [6.07, 6.45) is 1.52. The lowest BCUT2D eigenvalue weighted by Crippen LogP contribution is -2.46. The molecule has 1 saturated heterocycles. The van der Waals surface area contributed by atoms with E-state index < -0.39 is 6.04 Å². The Balaban J connectivity index is 1.68. The number of halogens is 1. The van der Waals surface area contributed by atoms with E-state index in [9.17, 15) is 14.0 Å². The minimum absolute atomic E-state index is 0.0678. The molecule has 1 aromatic heterocycles. The van der Waals surface area contributed by atoms with E-state index >= 15 is 0 Å². The number of carbonyl (C=O) groups excluding carboxylic acids is 2. The lowest BCUT2D eigenvalue weighted by molar-refractivity contribution is -0.134. The molecule has 0 aliphatic carbocycles. The Morgan fingerprint density at radius 2 is 2.04 bits per heavy atom. The SMILES string of the molecule is CN(Cc1ccc(F)cc1)C(=O)C1CCCN1C(=O)c1cccs1. The average molecular weight is 346 g/mol. The van der Waals surface area contributed by atoms with Crippen LogP contribution in [-0.4, -0.2) is 41.2 Å². The van der Waals surface area contributed by atoms with Crippen LogP contribution in [0.15, 0.2) is 41.8 Å². The van der Waals surface area contributed by atoms with Crippen molar-refractivity contribution in [1.29, 1.82) is 0 Å². The molecule has 1 unspecified atom stereocenters. The fourth-order valence-electron chi connectivity index (χ4n) is 3.00. The summed E-state index contributed by atoms with van der Waals surface area (Å²) in [6, 6.07) is 9.32. The van der Waals surface area contributed by atoms with Gasteiger partial charge in [-0.3, -0.25) is 9.59 Å². The molecular weight excluding hydrogens is 327 g/mol. The predicted molar refractivity (Wildman–Crippen MR) is 91.3 cm³/mol. The number of hydrogen-bond acceptors (Lipinski definition) is 3. The lowest BCUT2D eigenvalue weighted by Gasteiger charge is -2.28. The van der Waals surface area contributed by atoms with Gasteiger partial charge in [0.15, 0.2) is 0 Å². The molecule has 6 heteroatoms. The van der Waals surface area contributed by atoms with E-state index in [4.69, 9.17) is 0 Å². The Morgan fingerprint density at radius 1 is 1.29 bits per heavy atom. The minimum Gasteiger partial charge on any atom is -0.340 e. The highest BCUT2D eigenvalue weighted by Crippen LogP contribution is 2.24. The van der Waals surface area contributed by atoms with Gasteiger partial charge in [0.25, 0.3) is 5.91 Å². The Kier molecular flexibility index (Phi) is 4.94. The second-order valence-corrected chi connectivity index (χ2v) is 6.90. The van der Waals surface area contributed by atoms with E-state index in [1.54, 1.807) is 35.0 Å². The molecule has 2 heterocycles. The second-order valence-electron chi connectivity index (χ2n) is 5.95. The highest BCUT2D eigenvalue weighted by Gasteiger charge is 2.36. The molecule has 126 valence electrons. The number of benzene rings is 1. The standard InChI is InChI=1S/C18H19FN2O2S/c1-20(12-13-6-8-14(19)9-7-13)17(22)15-4-2-10-21(15)18(23)16-5-3-11-24-16/h3,5-9,11,15H,2,4,10,12H2,1H3. The fraction of sp³-hybridized carbons (Fsp3) is 0.333. The van der Waals surface area contributed by atoms with Crippen molar-refractivity contribution >= 4 is 23.2 Å². The molecule has 0 N–H and O–H groups in total. The predicted octanol–water partition coefficient (Wildman–Crippen LogP) is 3.15. The smallest absolute Gasteiger partial charge is 0.264 e. The van der Waals surface area contributed by atoms with Gasteiger partial charge >= 0.3 is 0 Å². The van der Waals surface area contributed by atoms with E-state index in [0.29, 0.717) is 24.4 Å². The summed E-state index contributed by atoms with van der Waals surface area (Å²) in [5.41, 5.74) is 0.862. The maximum atomic E-state index is 13.0. The zero-order valence-corrected chi connectivity index (χ0v) is 14.3. The van der Waals surface area contributed by atoms with E-state index in [-0.39, 0.29) is 17.6 Å². The highest BCUT2D eigenvalue weighted by atomic mass is 32.1. The molecule has 4 nitrogen and oxygen atoms in total. The van der Waals surface area contributed by atoms with Crippen LogP contribution in [-0.2, 0) is 11.3 Å². The molecule has 0 spiro atoms. The van der Waals surface area contributed by atoms with Crippen molar-refractivity contribution in [3.8, 4) is 0 Å². The van der Waals surface area contributed by atoms with E-state index in [1.165, 1.54) is 23.5 Å². The van der Waals surface area contributed by atoms with Crippen molar-refractivity contribution in [2.24, 2.45) is 0 Å². The van der Waals surface area contributed by atoms with Crippen molar-refractivity contribution in [2.75, 3.05) is 13.6 Å². The van der Waals surface area contributed by atoms with Crippen molar-refractivity contribution in [1.82, 2.24) is 9.80 Å². The van der Waals surface area contributed by atoms with Crippen LogP contribution in [0.5, 0.6) is 0 Å². The van der Waals surface area contributed by atoms with Crippen LogP contribution in [0.3, 0.4) is 0 Å². The molecule has 1 aliphatic heterocycles. The molecular formula is C18H19FN2O2S. The third-order valence-corrected chi connectivity index (χ3v) is 5.10. The largest absolute Gasteiger partial charge is 0.340 e. The number of hydrogen-bond donors (Lipinski definition) is 0. The molecule has 3 rings (SSSR count). The van der Waals surface area contributed by atoms with Crippen molar-refractivity contribution in [3.63, 3.8) is 0 Å². The van der Waals surface area contributed by atoms with Crippen molar-refractivity contribution in [2.45, 2.75) is 25.4 Å². The van der Waals surface area contributed by atoms with Crippen LogP contribution in [0.4, 0.5) is 4.39 Å². The fourth-order valence-corrected chi connectivity index (χ4v) is 3.68. The van der Waals surface area contributed by atoms with Crippen molar-refractivity contribution < 1.29 is 14.0 Å². The number of thiophene rings is 1. The molecule has 1 aromatic carbocycles. The first-order valence-corrected chi connectivity index (χ1v) is 8.78. The summed E-state index contributed by atoms with van der Waals surface area (Å²) in [5.74, 6) is -0.436. The topological polar surface area (TPSA) is 40.6 Å². The zero-order valence-electron chi connectivity index (χ0n) is 13.4. The number of likely N-dealkylation sites (tertiary alicyclic amines) is 1. The molecule has 0 bridgehead atoms. The molecule has 2 amide bonds. The number of rotatable bonds is 4. The average Bonchev–Trinajstić information content (AvgIpc) is 3.27. The first-order chi connectivity index (χ1) is 11.6. The van der Waals surface area contributed by atoms with Gasteiger partial charge in [-0.1, -0.05) is 18.2 Å². The molecule has 1 atom stereocenters. The Hall–Kier alpha value is -2.21. The number of nitrogens with zero attached hydrogens (tertiary/aromatic N) is 2. The van der Waals surface area contributed by atoms with Crippen LogP contribution < -0.4 is 0 Å². The summed E-state index contributed by atoms with van der Waals surface area (Å²) < 4.78 is 13.0. The maximum Gasteiger partial charge on any atom is 0.264 e. The molecule has 1 aliphatic rings. The zero-order chi connectivity index (χ0) is 17.1. The molecule has 0 radical (unpaired) electrons. The summed E-state index contributed by atoms with van der Waals surface area (Å²) in [7, 11) is 1.72. The van der Waals surface area contributed by atoms with Gasteiger partial charge in [-0.25, -0.2) is 4.39 Å². The number of amides is 2. The van der Waals surface area contributed by atoms with Gasteiger partial charge < -0.3 is 9.80 Å². The van der Waals surface area contributed by atoms with Gasteiger partial charge in [0.2, 0.25) is 5.91 Å². The summed E-state index contributed by atoms with van der Waals surface area (Å²) in [5, 5.41) is 1.86. The third kappa shape index (κ3) is 3.48. The van der Waals surface area contributed by atoms with Gasteiger partial charge in [0.1, 0.15) is 11.9 Å². The highest BCUT2D eigenvalue weighted by molar-refractivity contribution is 7.12. The number of likely N-dealkylation sites (N-methyl/N-ethyl adjacent to an activating group) is 1. The Labute approximate surface area is 144 Å². The maximum absolute atomic E-state index is 13.0. The van der Waals surface area contributed by atoms with Gasteiger partial charge in [0.05, 0.1) is 4.88 Å². The molecule has 0 saturated carbocycles. The van der Waals surface area contributed by atoms with Gasteiger partial charge in [-0.15, -0.1) is 11.3 Å². The Bertz CT molecular complexity index is 715. The first kappa shape index (κ1) is 16.6. The second kappa shape index (κ2) is 7.13. The van der Waals surface area contributed by atoms with Crippen LogP contribution in [0.1, 0.15) is 28.1 Å². The minimum atomic E-state index is -0.412. The lowest BCUT2D eigenvalue weighted by atomic mass is 10.1. The quantitative estimate of drug-likeness (QED) is 0.853. The molecule has 24 heavy (non-hydrogen) atoms. The van der Waals surface area contributed by atoms with Gasteiger partial charge in [0, 0.05) is 20.1 Å². The number of carbonyl (C=O) groups is 2. The normalized spacial score (nSPS) is 17.1. The van der Waals surface area contributed by atoms with Crippen LogP contribution >= 0.6 is 11.3 Å². The summed E-state index contributed by atoms with van der Waals surface area (Å²) in [4.78, 5) is 29.3. The monoisotopic (exact) mass is 346 g/mol. The van der Waals surface area contributed by atoms with E-state index in [0.717, 1.165) is 12.0 Å². The van der Waals surface area contributed by atoms with Gasteiger partial charge in [-0.05, 0) is 42.0 Å². The first-order valence-electron chi connectivity index (χ1n) is 7.90. The van der Waals surface area contributed by atoms with Gasteiger partial charge in [-0.2, -0.15) is 0 Å². The van der Waals surface area contributed by atoms with Crippen LogP contribution in [0.2, 0.25) is 0 Å². The summed E-state index contributed by atoms with van der Waals surface area (Å²) >= 11 is 1.39. The summed E-state index contributed by atoms with van der Waals surface area (Å²) in [6.45, 7) is 1.01. The molecule has 2 aromatic rings. The Morgan fingerprint density at radius 3 is 2.71 bits per heavy atom. The van der Waals surface area contributed by atoms with Crippen molar-refractivity contribution in [3.05, 3.63) is 58.0 Å². The van der Waals surface area contributed by atoms with E-state index in [2.05, 4.69) is 0 Å². The van der Waals surface area contributed by atoms with Crippen LogP contribution in [0.25, 0.3) is 0 Å².